The lowest BCUT2D eigenvalue weighted by Crippen LogP contribution is -2.47. The highest BCUT2D eigenvalue weighted by atomic mass is 28.4. The standard InChI is InChI=1S/C12H16O6Si/c1-13-19(14-2,17-9-11-5-3-7-15-11)18-10-12-6-4-8-16-12/h3-8H,9-10H2,1-2H3. The summed E-state index contributed by atoms with van der Waals surface area (Å²) in [6, 6.07) is 7.17. The summed E-state index contributed by atoms with van der Waals surface area (Å²) >= 11 is 0. The molecule has 0 aliphatic rings. The van der Waals surface area contributed by atoms with Crippen LogP contribution in [0.15, 0.2) is 45.6 Å². The lowest BCUT2D eigenvalue weighted by Gasteiger charge is -2.24. The Kier molecular flexibility index (Phi) is 4.94. The predicted octanol–water partition coefficient (Wildman–Crippen LogP) is 2.33. The first-order chi connectivity index (χ1) is 9.28. The predicted molar refractivity (Wildman–Crippen MR) is 66.8 cm³/mol. The van der Waals surface area contributed by atoms with E-state index in [1.165, 1.54) is 14.2 Å². The van der Waals surface area contributed by atoms with E-state index in [-0.39, 0.29) is 13.2 Å². The maximum atomic E-state index is 5.61. The SMILES string of the molecule is CO[Si](OC)(OCc1ccco1)OCc1ccco1. The maximum Gasteiger partial charge on any atom is 0.679 e. The minimum Gasteiger partial charge on any atom is -0.467 e. The number of hydrogen-bond donors (Lipinski definition) is 0. The van der Waals surface area contributed by atoms with Gasteiger partial charge >= 0.3 is 9.05 Å². The monoisotopic (exact) mass is 284 g/mol. The first kappa shape index (κ1) is 14.0. The van der Waals surface area contributed by atoms with Gasteiger partial charge in [0.05, 0.1) is 25.7 Å². The molecule has 0 N–H and O–H groups in total. The average Bonchev–Trinajstić information content (AvgIpc) is 3.13. The lowest BCUT2D eigenvalue weighted by atomic mass is 10.5. The summed E-state index contributed by atoms with van der Waals surface area (Å²) in [7, 11) is -0.204. The van der Waals surface area contributed by atoms with Crippen molar-refractivity contribution in [2.45, 2.75) is 13.2 Å². The quantitative estimate of drug-likeness (QED) is 0.693. The van der Waals surface area contributed by atoms with Crippen molar-refractivity contribution in [2.24, 2.45) is 0 Å². The van der Waals surface area contributed by atoms with Crippen LogP contribution < -0.4 is 0 Å². The molecule has 104 valence electrons. The van der Waals surface area contributed by atoms with E-state index < -0.39 is 9.05 Å². The maximum absolute atomic E-state index is 5.61. The van der Waals surface area contributed by atoms with E-state index in [9.17, 15) is 0 Å². The van der Waals surface area contributed by atoms with Crippen molar-refractivity contribution in [2.75, 3.05) is 14.2 Å². The molecule has 19 heavy (non-hydrogen) atoms. The molecule has 0 atom stereocenters. The van der Waals surface area contributed by atoms with Crippen LogP contribution in [0.25, 0.3) is 0 Å². The third-order valence-electron chi connectivity index (χ3n) is 2.44. The Morgan fingerprint density at radius 1 is 0.895 bits per heavy atom. The summed E-state index contributed by atoms with van der Waals surface area (Å²) in [4.78, 5) is 0. The Morgan fingerprint density at radius 3 is 1.68 bits per heavy atom. The molecule has 2 aromatic rings. The summed E-state index contributed by atoms with van der Waals surface area (Å²) in [6.07, 6.45) is 3.15. The Hall–Kier alpha value is -1.38. The molecule has 0 aliphatic carbocycles. The summed E-state index contributed by atoms with van der Waals surface area (Å²) in [5.41, 5.74) is 0. The molecule has 0 aromatic carbocycles. The van der Waals surface area contributed by atoms with Gasteiger partial charge in [-0.05, 0) is 24.3 Å². The summed E-state index contributed by atoms with van der Waals surface area (Å²) in [5.74, 6) is 1.35. The van der Waals surface area contributed by atoms with E-state index in [2.05, 4.69) is 0 Å². The Balaban J connectivity index is 1.92. The Labute approximate surface area is 112 Å². The number of rotatable bonds is 8. The van der Waals surface area contributed by atoms with Crippen molar-refractivity contribution in [1.82, 2.24) is 0 Å². The van der Waals surface area contributed by atoms with E-state index in [0.717, 1.165) is 0 Å². The second kappa shape index (κ2) is 6.69. The smallest absolute Gasteiger partial charge is 0.467 e. The van der Waals surface area contributed by atoms with Crippen molar-refractivity contribution in [3.05, 3.63) is 48.3 Å². The first-order valence-electron chi connectivity index (χ1n) is 5.71. The molecule has 0 saturated carbocycles. The molecule has 0 unspecified atom stereocenters. The summed E-state index contributed by atoms with van der Waals surface area (Å²) in [6.45, 7) is 0.443. The van der Waals surface area contributed by atoms with Crippen LogP contribution in [0.1, 0.15) is 11.5 Å². The van der Waals surface area contributed by atoms with Gasteiger partial charge in [0.15, 0.2) is 0 Å². The van der Waals surface area contributed by atoms with E-state index in [1.54, 1.807) is 36.8 Å². The summed E-state index contributed by atoms with van der Waals surface area (Å²) < 4.78 is 32.1. The number of furan rings is 2. The molecular weight excluding hydrogens is 268 g/mol. The van der Waals surface area contributed by atoms with Gasteiger partial charge in [-0.2, -0.15) is 0 Å². The van der Waals surface area contributed by atoms with Crippen LogP contribution in [0.4, 0.5) is 0 Å². The highest BCUT2D eigenvalue weighted by Crippen LogP contribution is 2.16. The van der Waals surface area contributed by atoms with E-state index >= 15 is 0 Å². The largest absolute Gasteiger partial charge is 0.679 e. The van der Waals surface area contributed by atoms with Gasteiger partial charge in [-0.15, -0.1) is 0 Å². The van der Waals surface area contributed by atoms with E-state index in [1.807, 2.05) is 0 Å². The van der Waals surface area contributed by atoms with Crippen LogP contribution in [-0.4, -0.2) is 23.3 Å². The van der Waals surface area contributed by atoms with Crippen molar-refractivity contribution in [3.8, 4) is 0 Å². The van der Waals surface area contributed by atoms with Crippen molar-refractivity contribution < 1.29 is 26.5 Å². The van der Waals surface area contributed by atoms with Crippen LogP contribution in [0.2, 0.25) is 0 Å². The topological polar surface area (TPSA) is 63.2 Å². The molecule has 2 rings (SSSR count). The summed E-state index contributed by atoms with van der Waals surface area (Å²) in [5, 5.41) is 0. The van der Waals surface area contributed by atoms with Crippen LogP contribution in [0.5, 0.6) is 0 Å². The molecule has 0 spiro atoms. The molecule has 0 bridgehead atoms. The molecule has 0 fully saturated rings. The zero-order valence-electron chi connectivity index (χ0n) is 10.8. The van der Waals surface area contributed by atoms with Crippen LogP contribution in [-0.2, 0) is 30.9 Å². The molecule has 0 aliphatic heterocycles. The van der Waals surface area contributed by atoms with Gasteiger partial charge in [0, 0.05) is 14.2 Å². The third kappa shape index (κ3) is 3.79. The fourth-order valence-electron chi connectivity index (χ4n) is 1.47. The lowest BCUT2D eigenvalue weighted by molar-refractivity contribution is -0.0247. The minimum absolute atomic E-state index is 0.221. The fourth-order valence-corrected chi connectivity index (χ4v) is 2.83. The highest BCUT2D eigenvalue weighted by molar-refractivity contribution is 6.53. The van der Waals surface area contributed by atoms with Crippen LogP contribution in [0, 0.1) is 0 Å². The molecular formula is C12H16O6Si. The van der Waals surface area contributed by atoms with Gasteiger partial charge < -0.3 is 26.5 Å². The van der Waals surface area contributed by atoms with Crippen LogP contribution in [0.3, 0.4) is 0 Å². The molecule has 0 saturated heterocycles. The van der Waals surface area contributed by atoms with Gasteiger partial charge in [0.2, 0.25) is 0 Å². The van der Waals surface area contributed by atoms with Crippen molar-refractivity contribution in [1.29, 1.82) is 0 Å². The minimum atomic E-state index is -3.18. The molecule has 7 heteroatoms. The Bertz CT molecular complexity index is 408. The van der Waals surface area contributed by atoms with Crippen LogP contribution >= 0.6 is 0 Å². The molecule has 6 nitrogen and oxygen atoms in total. The fraction of sp³-hybridized carbons (Fsp3) is 0.333. The average molecular weight is 284 g/mol. The number of hydrogen-bond acceptors (Lipinski definition) is 6. The second-order valence-electron chi connectivity index (χ2n) is 3.64. The zero-order chi connectivity index (χ0) is 13.6. The molecule has 0 radical (unpaired) electrons. The molecule has 0 amide bonds. The van der Waals surface area contributed by atoms with Gasteiger partial charge in [-0.3, -0.25) is 0 Å². The first-order valence-corrected chi connectivity index (χ1v) is 7.34. The molecule has 2 aromatic heterocycles. The highest BCUT2D eigenvalue weighted by Gasteiger charge is 2.44. The second-order valence-corrected chi connectivity index (χ2v) is 6.04. The van der Waals surface area contributed by atoms with E-state index in [4.69, 9.17) is 26.5 Å². The molecule has 2 heterocycles. The zero-order valence-corrected chi connectivity index (χ0v) is 11.8. The normalized spacial score (nSPS) is 11.9. The van der Waals surface area contributed by atoms with E-state index in [0.29, 0.717) is 11.5 Å². The van der Waals surface area contributed by atoms with Crippen molar-refractivity contribution >= 4 is 9.05 Å². The third-order valence-corrected chi connectivity index (χ3v) is 4.44. The van der Waals surface area contributed by atoms with Gasteiger partial charge in [0.25, 0.3) is 0 Å². The Morgan fingerprint density at radius 2 is 1.37 bits per heavy atom. The van der Waals surface area contributed by atoms with Gasteiger partial charge in [-0.25, -0.2) is 0 Å². The van der Waals surface area contributed by atoms with Gasteiger partial charge in [0.1, 0.15) is 11.5 Å². The van der Waals surface area contributed by atoms with Crippen molar-refractivity contribution in [3.63, 3.8) is 0 Å². The van der Waals surface area contributed by atoms with Gasteiger partial charge in [-0.1, -0.05) is 0 Å².